The number of benzene rings is 2. The van der Waals surface area contributed by atoms with Gasteiger partial charge in [-0.2, -0.15) is 0 Å². The molecule has 0 spiro atoms. The molecule has 3 aromatic rings. The molecular weight excluding hydrogens is 533 g/mol. The zero-order chi connectivity index (χ0) is 28.5. The van der Waals surface area contributed by atoms with Gasteiger partial charge in [0.1, 0.15) is 6.61 Å². The molecule has 0 bridgehead atoms. The maximum atomic E-state index is 14.6. The smallest absolute Gasteiger partial charge is 0.358 e. The largest absolute Gasteiger partial charge is 0.488 e. The van der Waals surface area contributed by atoms with Crippen LogP contribution in [0.1, 0.15) is 33.3 Å². The first-order valence-electron chi connectivity index (χ1n) is 12.2. The number of halogens is 2. The van der Waals surface area contributed by atoms with E-state index in [1.54, 1.807) is 52.0 Å². The van der Waals surface area contributed by atoms with Crippen LogP contribution in [0.15, 0.2) is 62.2 Å². The van der Waals surface area contributed by atoms with E-state index >= 15 is 0 Å². The summed E-state index contributed by atoms with van der Waals surface area (Å²) in [5.74, 6) is -1.45. The predicted octanol–water partition coefficient (Wildman–Crippen LogP) is 3.15. The van der Waals surface area contributed by atoms with E-state index in [2.05, 4.69) is 15.1 Å². The van der Waals surface area contributed by atoms with Crippen LogP contribution in [-0.2, 0) is 27.5 Å². The lowest BCUT2D eigenvalue weighted by molar-refractivity contribution is -0.135. The van der Waals surface area contributed by atoms with Crippen LogP contribution in [0.4, 0.5) is 10.1 Å². The topological polar surface area (TPSA) is 129 Å². The molecule has 0 aliphatic carbocycles. The maximum absolute atomic E-state index is 14.6. The molecule has 0 unspecified atom stereocenters. The van der Waals surface area contributed by atoms with Crippen molar-refractivity contribution in [2.75, 3.05) is 13.2 Å². The van der Waals surface area contributed by atoms with Gasteiger partial charge in [-0.15, -0.1) is 0 Å². The number of nitrogens with one attached hydrogen (secondary N) is 1. The molecule has 0 amide bonds. The molecule has 13 heteroatoms. The van der Waals surface area contributed by atoms with Gasteiger partial charge < -0.3 is 14.3 Å². The number of esters is 1. The SMILES string of the molecule is CCON=C(Cn1c(=O)[nH]c(=Nc2ccc(OC(C)C)c(F)c2)n(Cc2ccc(Cl)cc2)c1=O)C(=O)OCC. The van der Waals surface area contributed by atoms with E-state index in [1.165, 1.54) is 16.7 Å². The van der Waals surface area contributed by atoms with E-state index in [9.17, 15) is 18.8 Å². The molecule has 1 N–H and O–H groups in total. The quantitative estimate of drug-likeness (QED) is 0.217. The molecule has 0 radical (unpaired) electrons. The van der Waals surface area contributed by atoms with Crippen molar-refractivity contribution in [2.45, 2.75) is 46.9 Å². The summed E-state index contributed by atoms with van der Waals surface area (Å²) >= 11 is 5.99. The third kappa shape index (κ3) is 7.90. The maximum Gasteiger partial charge on any atom is 0.358 e. The molecule has 0 fully saturated rings. The average Bonchev–Trinajstić information content (AvgIpc) is 2.88. The van der Waals surface area contributed by atoms with Crippen LogP contribution in [0.2, 0.25) is 5.02 Å². The number of carbonyl (C=O) groups is 1. The Kier molecular flexibility index (Phi) is 10.2. The fourth-order valence-corrected chi connectivity index (χ4v) is 3.49. The summed E-state index contributed by atoms with van der Waals surface area (Å²) in [6, 6.07) is 10.7. The van der Waals surface area contributed by atoms with Gasteiger partial charge in [-0.05, 0) is 57.5 Å². The first kappa shape index (κ1) is 29.4. The normalized spacial score (nSPS) is 12.1. The van der Waals surface area contributed by atoms with E-state index in [0.717, 1.165) is 10.6 Å². The number of oxime groups is 1. The summed E-state index contributed by atoms with van der Waals surface area (Å²) in [7, 11) is 0. The highest BCUT2D eigenvalue weighted by atomic mass is 35.5. The molecule has 3 rings (SSSR count). The summed E-state index contributed by atoms with van der Waals surface area (Å²) in [5, 5.41) is 4.22. The van der Waals surface area contributed by atoms with Crippen molar-refractivity contribution >= 4 is 29.0 Å². The van der Waals surface area contributed by atoms with Crippen LogP contribution < -0.4 is 21.7 Å². The second kappa shape index (κ2) is 13.6. The highest BCUT2D eigenvalue weighted by Crippen LogP contribution is 2.23. The molecule has 1 heterocycles. The van der Waals surface area contributed by atoms with Gasteiger partial charge in [0.2, 0.25) is 5.62 Å². The third-order valence-electron chi connectivity index (χ3n) is 5.07. The Morgan fingerprint density at radius 2 is 1.79 bits per heavy atom. The molecule has 0 saturated heterocycles. The van der Waals surface area contributed by atoms with Crippen LogP contribution in [0, 0.1) is 5.82 Å². The van der Waals surface area contributed by atoms with Gasteiger partial charge in [0, 0.05) is 11.1 Å². The van der Waals surface area contributed by atoms with Crippen molar-refractivity contribution in [3.63, 3.8) is 0 Å². The fraction of sp³-hybridized carbons (Fsp3) is 0.346. The van der Waals surface area contributed by atoms with Gasteiger partial charge in [-0.3, -0.25) is 9.55 Å². The van der Waals surface area contributed by atoms with Crippen molar-refractivity contribution in [2.24, 2.45) is 10.1 Å². The monoisotopic (exact) mass is 561 g/mol. The van der Waals surface area contributed by atoms with Crippen molar-refractivity contribution in [3.05, 3.63) is 85.5 Å². The lowest BCUT2D eigenvalue weighted by Gasteiger charge is -2.12. The van der Waals surface area contributed by atoms with Gasteiger partial charge in [0.05, 0.1) is 31.5 Å². The van der Waals surface area contributed by atoms with Gasteiger partial charge in [-0.25, -0.2) is 28.3 Å². The number of H-pyrrole nitrogens is 1. The van der Waals surface area contributed by atoms with Crippen LogP contribution in [-0.4, -0.2) is 45.1 Å². The highest BCUT2D eigenvalue weighted by molar-refractivity contribution is 6.36. The second-order valence-corrected chi connectivity index (χ2v) is 8.84. The predicted molar refractivity (Wildman–Crippen MR) is 143 cm³/mol. The van der Waals surface area contributed by atoms with Gasteiger partial charge in [-0.1, -0.05) is 28.9 Å². The number of aromatic nitrogens is 3. The van der Waals surface area contributed by atoms with E-state index in [1.807, 2.05) is 0 Å². The molecular formula is C26H29ClFN5O6. The van der Waals surface area contributed by atoms with Crippen molar-refractivity contribution < 1.29 is 23.5 Å². The molecule has 0 aliphatic heterocycles. The lowest BCUT2D eigenvalue weighted by Crippen LogP contribution is -2.51. The average molecular weight is 562 g/mol. The number of carbonyl (C=O) groups excluding carboxylic acids is 1. The van der Waals surface area contributed by atoms with Gasteiger partial charge >= 0.3 is 17.3 Å². The zero-order valence-corrected chi connectivity index (χ0v) is 22.7. The molecule has 208 valence electrons. The summed E-state index contributed by atoms with van der Waals surface area (Å²) in [5.41, 5.74) is -1.31. The second-order valence-electron chi connectivity index (χ2n) is 8.40. The minimum atomic E-state index is -0.875. The Hall–Kier alpha value is -4.19. The van der Waals surface area contributed by atoms with Crippen LogP contribution in [0.5, 0.6) is 5.75 Å². The molecule has 2 aromatic carbocycles. The Morgan fingerprint density at radius 1 is 1.08 bits per heavy atom. The van der Waals surface area contributed by atoms with E-state index in [0.29, 0.717) is 10.6 Å². The third-order valence-corrected chi connectivity index (χ3v) is 5.32. The van der Waals surface area contributed by atoms with Gasteiger partial charge in [0.15, 0.2) is 17.3 Å². The first-order valence-corrected chi connectivity index (χ1v) is 12.6. The number of ether oxygens (including phenoxy) is 2. The van der Waals surface area contributed by atoms with Crippen LogP contribution in [0.25, 0.3) is 0 Å². The molecule has 39 heavy (non-hydrogen) atoms. The molecule has 11 nitrogen and oxygen atoms in total. The lowest BCUT2D eigenvalue weighted by atomic mass is 10.2. The van der Waals surface area contributed by atoms with Crippen molar-refractivity contribution in [1.29, 1.82) is 0 Å². The Bertz CT molecular complexity index is 1530. The summed E-state index contributed by atoms with van der Waals surface area (Å²) < 4.78 is 26.9. The summed E-state index contributed by atoms with van der Waals surface area (Å²) in [6.07, 6.45) is -0.237. The Balaban J connectivity index is 2.17. The fourth-order valence-electron chi connectivity index (χ4n) is 3.36. The molecule has 0 saturated carbocycles. The van der Waals surface area contributed by atoms with Crippen LogP contribution in [0.3, 0.4) is 0 Å². The van der Waals surface area contributed by atoms with E-state index in [4.69, 9.17) is 25.9 Å². The Morgan fingerprint density at radius 3 is 2.41 bits per heavy atom. The number of rotatable bonds is 11. The van der Waals surface area contributed by atoms with E-state index < -0.39 is 29.7 Å². The van der Waals surface area contributed by atoms with Crippen molar-refractivity contribution in [3.8, 4) is 5.75 Å². The molecule has 1 aromatic heterocycles. The number of nitrogens with zero attached hydrogens (tertiary/aromatic N) is 4. The minimum Gasteiger partial charge on any atom is -0.488 e. The van der Waals surface area contributed by atoms with E-state index in [-0.39, 0.29) is 48.6 Å². The van der Waals surface area contributed by atoms with Crippen LogP contribution >= 0.6 is 11.6 Å². The highest BCUT2D eigenvalue weighted by Gasteiger charge is 2.19. The number of hydrogen-bond donors (Lipinski definition) is 1. The first-order chi connectivity index (χ1) is 18.6. The van der Waals surface area contributed by atoms with Gasteiger partial charge in [0.25, 0.3) is 0 Å². The summed E-state index contributed by atoms with van der Waals surface area (Å²) in [4.78, 5) is 50.8. The number of aromatic amines is 1. The Labute approximate surface area is 228 Å². The molecule has 0 atom stereocenters. The van der Waals surface area contributed by atoms with Crippen molar-refractivity contribution in [1.82, 2.24) is 14.1 Å². The number of hydrogen-bond acceptors (Lipinski definition) is 8. The zero-order valence-electron chi connectivity index (χ0n) is 21.9. The standard InChI is InChI=1S/C26H29ClFN5O6/c1-5-37-23(34)21(31-38-6-2)15-33-25(35)30-24(29-19-11-12-22(20(28)13-19)39-16(3)4)32(26(33)36)14-17-7-9-18(27)10-8-17/h7-13,16H,5-6,14-15H2,1-4H3,(H,29,30,35). The molecule has 0 aliphatic rings. The minimum absolute atomic E-state index is 0.0278. The summed E-state index contributed by atoms with van der Waals surface area (Å²) in [6.45, 7) is 6.46.